The zero-order chi connectivity index (χ0) is 39.8. The van der Waals surface area contributed by atoms with E-state index in [0.29, 0.717) is 78.4 Å². The van der Waals surface area contributed by atoms with E-state index in [4.69, 9.17) is 33.9 Å². The summed E-state index contributed by atoms with van der Waals surface area (Å²) in [6, 6.07) is 7.94. The zero-order valence-electron chi connectivity index (χ0n) is 34.3. The topological polar surface area (TPSA) is 82.1 Å². The maximum atomic E-state index is 17.6. The zero-order valence-corrected chi connectivity index (χ0v) is 35.3. The minimum atomic E-state index is -2.12. The number of pyridine rings is 1. The van der Waals surface area contributed by atoms with Gasteiger partial charge >= 0.3 is 6.01 Å². The predicted octanol–water partition coefficient (Wildman–Crippen LogP) is 9.03. The number of anilines is 1. The molecule has 9 nitrogen and oxygen atoms in total. The van der Waals surface area contributed by atoms with Gasteiger partial charge in [0.2, 0.25) is 0 Å². The van der Waals surface area contributed by atoms with Crippen LogP contribution in [0.2, 0.25) is 16.6 Å². The highest BCUT2D eigenvalue weighted by atomic mass is 28.3. The molecule has 3 aliphatic heterocycles. The van der Waals surface area contributed by atoms with E-state index in [0.717, 1.165) is 47.7 Å². The molecule has 0 aliphatic carbocycles. The van der Waals surface area contributed by atoms with E-state index >= 15 is 4.39 Å². The minimum Gasteiger partial charge on any atom is -0.468 e. The monoisotopic (exact) mass is 785 g/mol. The van der Waals surface area contributed by atoms with E-state index in [-0.39, 0.29) is 30.6 Å². The van der Waals surface area contributed by atoms with Gasteiger partial charge in [0.1, 0.15) is 43.6 Å². The van der Waals surface area contributed by atoms with Crippen molar-refractivity contribution in [1.29, 1.82) is 0 Å². The number of alkyl halides is 1. The summed E-state index contributed by atoms with van der Waals surface area (Å²) >= 11 is 0. The number of fused-ring (bicyclic) bond motifs is 3. The number of ether oxygens (including phenoxy) is 4. The predicted molar refractivity (Wildman–Crippen MR) is 222 cm³/mol. The average molecular weight is 786 g/mol. The number of aromatic nitrogens is 3. The lowest BCUT2D eigenvalue weighted by Gasteiger charge is -2.38. The SMILES string of the molecule is COCOc1cc(-c2ncc3c(N4CCCOCC4)nc(OC[C@@]45CCCN4C[C@H](F)C5)nc3c2F)c2c(C#C[Si](C(C)C)(C(C)C)C(C)C)c(C)ccc2c1. The van der Waals surface area contributed by atoms with Crippen LogP contribution in [0.3, 0.4) is 0 Å². The maximum Gasteiger partial charge on any atom is 0.319 e. The molecule has 4 aromatic rings. The number of methoxy groups -OCH3 is 1. The molecule has 0 bridgehead atoms. The van der Waals surface area contributed by atoms with Crippen LogP contribution in [0.15, 0.2) is 30.5 Å². The number of benzene rings is 2. The molecule has 0 N–H and O–H groups in total. The Kier molecular flexibility index (Phi) is 11.9. The van der Waals surface area contributed by atoms with E-state index in [2.05, 4.69) is 75.8 Å². The standard InChI is InChI=1S/C44H57F2N5O4Si/c1-28(2)56(29(3)4,30(5)6)20-13-35-31(7)11-12-32-21-34(55-27-52-8)22-36(38(32)35)40-39(46)41-37(24-47-40)42(50-15-10-18-53-19-17-50)49-43(48-41)54-26-44-14-9-16-51(44)25-33(45)23-44/h11-12,21-22,24,28-30,33H,9-10,14-19,23,25-27H2,1-8H3/t33-,44+/m1/s1. The molecule has 0 spiro atoms. The van der Waals surface area contributed by atoms with E-state index in [1.807, 2.05) is 18.2 Å². The normalized spacial score (nSPS) is 20.6. The molecule has 7 rings (SSSR count). The van der Waals surface area contributed by atoms with Crippen molar-refractivity contribution >= 4 is 35.6 Å². The van der Waals surface area contributed by atoms with Crippen LogP contribution in [-0.2, 0) is 9.47 Å². The van der Waals surface area contributed by atoms with Gasteiger partial charge in [0, 0.05) is 62.5 Å². The number of rotatable bonds is 11. The molecule has 2 aromatic carbocycles. The van der Waals surface area contributed by atoms with Crippen molar-refractivity contribution in [3.63, 3.8) is 0 Å². The highest BCUT2D eigenvalue weighted by molar-refractivity contribution is 6.90. The lowest BCUT2D eigenvalue weighted by Crippen LogP contribution is -2.43. The maximum absolute atomic E-state index is 17.6. The fourth-order valence-electron chi connectivity index (χ4n) is 9.83. The Hall–Kier alpha value is -3.89. The van der Waals surface area contributed by atoms with Crippen LogP contribution in [0.4, 0.5) is 14.6 Å². The Morgan fingerprint density at radius 1 is 1.00 bits per heavy atom. The van der Waals surface area contributed by atoms with Crippen LogP contribution in [-0.4, -0.2) is 99.5 Å². The molecule has 2 atom stereocenters. The number of nitrogens with zero attached hydrogens (tertiary/aromatic N) is 5. The fourth-order valence-corrected chi connectivity index (χ4v) is 15.0. The molecule has 5 heterocycles. The summed E-state index contributed by atoms with van der Waals surface area (Å²) < 4.78 is 55.7. The molecule has 3 saturated heterocycles. The molecule has 2 aromatic heterocycles. The summed E-state index contributed by atoms with van der Waals surface area (Å²) in [4.78, 5) is 18.8. The van der Waals surface area contributed by atoms with Crippen molar-refractivity contribution in [2.24, 2.45) is 0 Å². The molecule has 0 radical (unpaired) electrons. The molecule has 0 saturated carbocycles. The lowest BCUT2D eigenvalue weighted by atomic mass is 9.93. The van der Waals surface area contributed by atoms with Crippen LogP contribution in [0.5, 0.6) is 11.8 Å². The number of aryl methyl sites for hydroxylation is 1. The first-order chi connectivity index (χ1) is 26.9. The first-order valence-electron chi connectivity index (χ1n) is 20.3. The fraction of sp³-hybridized carbons (Fsp3) is 0.568. The van der Waals surface area contributed by atoms with Crippen molar-refractivity contribution < 1.29 is 27.7 Å². The van der Waals surface area contributed by atoms with Gasteiger partial charge in [0.05, 0.1) is 17.5 Å². The minimum absolute atomic E-state index is 0.0291. The Morgan fingerprint density at radius 3 is 2.54 bits per heavy atom. The summed E-state index contributed by atoms with van der Waals surface area (Å²) in [6.07, 6.45) is 3.81. The van der Waals surface area contributed by atoms with Crippen molar-refractivity contribution in [2.75, 3.05) is 64.8 Å². The van der Waals surface area contributed by atoms with Crippen LogP contribution in [0.1, 0.15) is 78.4 Å². The van der Waals surface area contributed by atoms with Crippen molar-refractivity contribution in [3.8, 4) is 34.5 Å². The highest BCUT2D eigenvalue weighted by Crippen LogP contribution is 2.44. The van der Waals surface area contributed by atoms with Gasteiger partial charge in [0.15, 0.2) is 12.6 Å². The highest BCUT2D eigenvalue weighted by Gasteiger charge is 2.49. The lowest BCUT2D eigenvalue weighted by molar-refractivity contribution is 0.0512. The van der Waals surface area contributed by atoms with Gasteiger partial charge in [0.25, 0.3) is 0 Å². The molecule has 3 aliphatic rings. The summed E-state index contributed by atoms with van der Waals surface area (Å²) in [7, 11) is -0.549. The molecule has 12 heteroatoms. The third kappa shape index (κ3) is 7.48. The molecular formula is C44H57F2N5O4Si. The van der Waals surface area contributed by atoms with E-state index < -0.39 is 25.6 Å². The second-order valence-corrected chi connectivity index (χ2v) is 22.4. The molecule has 300 valence electrons. The molecule has 0 amide bonds. The van der Waals surface area contributed by atoms with Crippen LogP contribution in [0.25, 0.3) is 32.9 Å². The van der Waals surface area contributed by atoms with Gasteiger partial charge in [-0.2, -0.15) is 9.97 Å². The van der Waals surface area contributed by atoms with E-state index in [1.165, 1.54) is 0 Å². The van der Waals surface area contributed by atoms with Crippen molar-refractivity contribution in [1.82, 2.24) is 19.9 Å². The molecule has 0 unspecified atom stereocenters. The molecule has 3 fully saturated rings. The van der Waals surface area contributed by atoms with Gasteiger partial charge in [-0.1, -0.05) is 59.6 Å². The van der Waals surface area contributed by atoms with E-state index in [1.54, 1.807) is 13.3 Å². The van der Waals surface area contributed by atoms with Gasteiger partial charge < -0.3 is 23.8 Å². The van der Waals surface area contributed by atoms with E-state index in [9.17, 15) is 4.39 Å². The number of halogens is 2. The molecule has 56 heavy (non-hydrogen) atoms. The average Bonchev–Trinajstić information content (AvgIpc) is 3.55. The second kappa shape index (κ2) is 16.5. The van der Waals surface area contributed by atoms with Crippen LogP contribution in [0, 0.1) is 24.2 Å². The Balaban J connectivity index is 1.42. The quantitative estimate of drug-likeness (QED) is 0.0841. The Bertz CT molecular complexity index is 2110. The van der Waals surface area contributed by atoms with Gasteiger partial charge in [-0.25, -0.2) is 8.78 Å². The largest absolute Gasteiger partial charge is 0.468 e. The Labute approximate surface area is 331 Å². The van der Waals surface area contributed by atoms with Gasteiger partial charge in [-0.15, -0.1) is 5.54 Å². The third-order valence-electron chi connectivity index (χ3n) is 12.6. The van der Waals surface area contributed by atoms with Crippen LogP contribution < -0.4 is 14.4 Å². The second-order valence-electron chi connectivity index (χ2n) is 16.9. The van der Waals surface area contributed by atoms with Gasteiger partial charge in [-0.05, 0) is 72.4 Å². The van der Waals surface area contributed by atoms with Gasteiger partial charge in [-0.3, -0.25) is 9.88 Å². The smallest absolute Gasteiger partial charge is 0.319 e. The Morgan fingerprint density at radius 2 is 1.79 bits per heavy atom. The summed E-state index contributed by atoms with van der Waals surface area (Å²) in [6.45, 7) is 19.8. The number of hydrogen-bond acceptors (Lipinski definition) is 9. The third-order valence-corrected chi connectivity index (χ3v) is 18.9. The first-order valence-corrected chi connectivity index (χ1v) is 22.5. The number of hydrogen-bond donors (Lipinski definition) is 0. The summed E-state index contributed by atoms with van der Waals surface area (Å²) in [5.74, 6) is 4.18. The van der Waals surface area contributed by atoms with Crippen molar-refractivity contribution in [3.05, 3.63) is 47.4 Å². The van der Waals surface area contributed by atoms with Crippen LogP contribution >= 0.6 is 0 Å². The summed E-state index contributed by atoms with van der Waals surface area (Å²) in [5.41, 5.74) is 7.49. The first kappa shape index (κ1) is 40.3. The summed E-state index contributed by atoms with van der Waals surface area (Å²) in [5, 5.41) is 2.15. The molecular weight excluding hydrogens is 729 g/mol. The van der Waals surface area contributed by atoms with Crippen molar-refractivity contribution in [2.45, 2.75) is 102 Å².